The predicted molar refractivity (Wildman–Crippen MR) is 86.8 cm³/mol. The van der Waals surface area contributed by atoms with Gasteiger partial charge in [-0.3, -0.25) is 0 Å². The lowest BCUT2D eigenvalue weighted by atomic mass is 9.92. The maximum Gasteiger partial charge on any atom is 0.119 e. The molecule has 0 unspecified atom stereocenters. The van der Waals surface area contributed by atoms with Gasteiger partial charge >= 0.3 is 0 Å². The van der Waals surface area contributed by atoms with E-state index in [9.17, 15) is 0 Å². The monoisotopic (exact) mass is 280 g/mol. The summed E-state index contributed by atoms with van der Waals surface area (Å²) in [4.78, 5) is 3.32. The van der Waals surface area contributed by atoms with E-state index in [1.165, 1.54) is 16.5 Å². The first-order chi connectivity index (χ1) is 10.3. The number of aromatic nitrogens is 1. The van der Waals surface area contributed by atoms with Crippen molar-refractivity contribution < 1.29 is 4.74 Å². The molecule has 0 saturated carbocycles. The minimum absolute atomic E-state index is 0.330. The Balaban J connectivity index is 1.93. The van der Waals surface area contributed by atoms with Crippen molar-refractivity contribution in [1.29, 1.82) is 0 Å². The van der Waals surface area contributed by atoms with Gasteiger partial charge in [-0.15, -0.1) is 0 Å². The smallest absolute Gasteiger partial charge is 0.119 e. The Hall–Kier alpha value is -2.26. The van der Waals surface area contributed by atoms with Crippen LogP contribution in [0.5, 0.6) is 5.75 Å². The van der Waals surface area contributed by atoms with Gasteiger partial charge in [0.1, 0.15) is 5.75 Å². The summed E-state index contributed by atoms with van der Waals surface area (Å²) in [6, 6.07) is 16.6. The van der Waals surface area contributed by atoms with Gasteiger partial charge in [0, 0.05) is 23.0 Å². The van der Waals surface area contributed by atoms with Crippen LogP contribution < -0.4 is 10.5 Å². The van der Waals surface area contributed by atoms with Crippen LogP contribution in [0.3, 0.4) is 0 Å². The van der Waals surface area contributed by atoms with Gasteiger partial charge in [-0.25, -0.2) is 0 Å². The summed E-state index contributed by atoms with van der Waals surface area (Å²) in [6.07, 6.45) is 3.00. The molecule has 3 aromatic rings. The van der Waals surface area contributed by atoms with Crippen LogP contribution >= 0.6 is 0 Å². The lowest BCUT2D eigenvalue weighted by Gasteiger charge is -2.14. The molecule has 21 heavy (non-hydrogen) atoms. The molecule has 3 heteroatoms. The Bertz CT molecular complexity index is 718. The van der Waals surface area contributed by atoms with Gasteiger partial charge in [-0.05, 0) is 42.3 Å². The number of benzene rings is 2. The van der Waals surface area contributed by atoms with E-state index >= 15 is 0 Å². The summed E-state index contributed by atoms with van der Waals surface area (Å²) in [7, 11) is 1.69. The van der Waals surface area contributed by atoms with Crippen LogP contribution in [0.1, 0.15) is 17.0 Å². The highest BCUT2D eigenvalue weighted by atomic mass is 16.5. The number of hydrogen-bond donors (Lipinski definition) is 2. The van der Waals surface area contributed by atoms with Gasteiger partial charge in [0.05, 0.1) is 7.11 Å². The average Bonchev–Trinajstić information content (AvgIpc) is 2.95. The van der Waals surface area contributed by atoms with Crippen molar-refractivity contribution in [3.8, 4) is 5.75 Å². The third-order valence-corrected chi connectivity index (χ3v) is 4.00. The van der Waals surface area contributed by atoms with E-state index in [2.05, 4.69) is 47.6 Å². The van der Waals surface area contributed by atoms with Crippen molar-refractivity contribution in [3.63, 3.8) is 0 Å². The Labute approximate surface area is 124 Å². The zero-order valence-corrected chi connectivity index (χ0v) is 12.2. The van der Waals surface area contributed by atoms with Gasteiger partial charge in [0.15, 0.2) is 0 Å². The number of hydrogen-bond acceptors (Lipinski definition) is 2. The minimum Gasteiger partial charge on any atom is -0.497 e. The molecule has 0 radical (unpaired) electrons. The minimum atomic E-state index is 0.330. The number of nitrogens with one attached hydrogen (secondary N) is 1. The predicted octanol–water partition coefficient (Wildman–Crippen LogP) is 3.46. The molecule has 108 valence electrons. The molecular formula is C18H20N2O. The number of ether oxygens (including phenoxy) is 1. The summed E-state index contributed by atoms with van der Waals surface area (Å²) < 4.78 is 5.32. The van der Waals surface area contributed by atoms with E-state index in [4.69, 9.17) is 10.5 Å². The van der Waals surface area contributed by atoms with E-state index in [1.54, 1.807) is 7.11 Å². The van der Waals surface area contributed by atoms with Crippen molar-refractivity contribution in [1.82, 2.24) is 4.98 Å². The highest BCUT2D eigenvalue weighted by Crippen LogP contribution is 2.28. The second-order valence-electron chi connectivity index (χ2n) is 5.27. The number of rotatable bonds is 5. The second-order valence-corrected chi connectivity index (χ2v) is 5.27. The molecule has 1 heterocycles. The van der Waals surface area contributed by atoms with Crippen molar-refractivity contribution >= 4 is 10.9 Å². The SMILES string of the molecule is COc1ccc2[nH]cc(C[C@@H](CN)c3ccccc3)c2c1. The van der Waals surface area contributed by atoms with E-state index in [1.807, 2.05) is 12.1 Å². The summed E-state index contributed by atoms with van der Waals surface area (Å²) in [5.74, 6) is 1.21. The topological polar surface area (TPSA) is 51.0 Å². The third kappa shape index (κ3) is 2.78. The van der Waals surface area contributed by atoms with E-state index < -0.39 is 0 Å². The van der Waals surface area contributed by atoms with Crippen molar-refractivity contribution in [3.05, 3.63) is 65.9 Å². The van der Waals surface area contributed by atoms with Crippen LogP contribution in [-0.2, 0) is 6.42 Å². The fourth-order valence-corrected chi connectivity index (χ4v) is 2.78. The van der Waals surface area contributed by atoms with Crippen LogP contribution in [0, 0.1) is 0 Å². The molecule has 0 fully saturated rings. The molecule has 0 amide bonds. The van der Waals surface area contributed by atoms with Crippen LogP contribution in [0.4, 0.5) is 0 Å². The normalized spacial score (nSPS) is 12.5. The number of methoxy groups -OCH3 is 1. The van der Waals surface area contributed by atoms with Gasteiger partial charge in [-0.2, -0.15) is 0 Å². The van der Waals surface area contributed by atoms with E-state index in [-0.39, 0.29) is 0 Å². The Kier molecular flexibility index (Phi) is 3.93. The van der Waals surface area contributed by atoms with Crippen molar-refractivity contribution in [2.75, 3.05) is 13.7 Å². The number of nitrogens with two attached hydrogens (primary N) is 1. The average molecular weight is 280 g/mol. The Morgan fingerprint density at radius 2 is 1.95 bits per heavy atom. The summed E-state index contributed by atoms with van der Waals surface area (Å²) in [5.41, 5.74) is 9.69. The largest absolute Gasteiger partial charge is 0.497 e. The summed E-state index contributed by atoms with van der Waals surface area (Å²) in [6.45, 7) is 0.640. The molecule has 0 spiro atoms. The van der Waals surface area contributed by atoms with Crippen LogP contribution in [0.2, 0.25) is 0 Å². The molecule has 2 aromatic carbocycles. The molecule has 0 aliphatic heterocycles. The van der Waals surface area contributed by atoms with Gasteiger partial charge in [0.25, 0.3) is 0 Å². The Morgan fingerprint density at radius 3 is 2.67 bits per heavy atom. The summed E-state index contributed by atoms with van der Waals surface area (Å²) >= 11 is 0. The van der Waals surface area contributed by atoms with Gasteiger partial charge < -0.3 is 15.5 Å². The molecule has 1 atom stereocenters. The maximum absolute atomic E-state index is 5.99. The highest BCUT2D eigenvalue weighted by Gasteiger charge is 2.13. The van der Waals surface area contributed by atoms with E-state index in [0.29, 0.717) is 12.5 Å². The van der Waals surface area contributed by atoms with Gasteiger partial charge in [-0.1, -0.05) is 30.3 Å². The zero-order chi connectivity index (χ0) is 14.7. The lowest BCUT2D eigenvalue weighted by molar-refractivity contribution is 0.415. The Morgan fingerprint density at radius 1 is 1.14 bits per heavy atom. The van der Waals surface area contributed by atoms with Crippen molar-refractivity contribution in [2.45, 2.75) is 12.3 Å². The van der Waals surface area contributed by atoms with E-state index in [0.717, 1.165) is 17.7 Å². The number of fused-ring (bicyclic) bond motifs is 1. The van der Waals surface area contributed by atoms with Gasteiger partial charge in [0.2, 0.25) is 0 Å². The molecule has 0 aliphatic rings. The first kappa shape index (κ1) is 13.7. The van der Waals surface area contributed by atoms with Crippen molar-refractivity contribution in [2.24, 2.45) is 5.73 Å². The standard InChI is InChI=1S/C18H20N2O/c1-21-16-7-8-18-17(10-16)15(12-20-18)9-14(11-19)13-5-3-2-4-6-13/h2-8,10,12,14,20H,9,11,19H2,1H3/t14-/m0/s1. The zero-order valence-electron chi connectivity index (χ0n) is 12.2. The van der Waals surface area contributed by atoms with Crippen LogP contribution in [-0.4, -0.2) is 18.6 Å². The molecule has 0 aliphatic carbocycles. The first-order valence-corrected chi connectivity index (χ1v) is 7.21. The molecule has 0 saturated heterocycles. The number of aromatic amines is 1. The molecular weight excluding hydrogens is 260 g/mol. The molecule has 3 rings (SSSR count). The molecule has 0 bridgehead atoms. The maximum atomic E-state index is 5.99. The molecule has 1 aromatic heterocycles. The number of H-pyrrole nitrogens is 1. The second kappa shape index (κ2) is 6.02. The summed E-state index contributed by atoms with van der Waals surface area (Å²) in [5, 5.41) is 1.21. The highest BCUT2D eigenvalue weighted by molar-refractivity contribution is 5.84. The lowest BCUT2D eigenvalue weighted by Crippen LogP contribution is -2.14. The van der Waals surface area contributed by atoms with Crippen LogP contribution in [0.25, 0.3) is 10.9 Å². The quantitative estimate of drug-likeness (QED) is 0.752. The first-order valence-electron chi connectivity index (χ1n) is 7.21. The molecule has 3 nitrogen and oxygen atoms in total. The third-order valence-electron chi connectivity index (χ3n) is 4.00. The fourth-order valence-electron chi connectivity index (χ4n) is 2.78. The molecule has 3 N–H and O–H groups in total. The van der Waals surface area contributed by atoms with Crippen LogP contribution in [0.15, 0.2) is 54.7 Å². The fraction of sp³-hybridized carbons (Fsp3) is 0.222.